The summed E-state index contributed by atoms with van der Waals surface area (Å²) in [5, 5.41) is 13.8. The Bertz CT molecular complexity index is 1170. The molecule has 2 aromatic carbocycles. The Kier molecular flexibility index (Phi) is 6.90. The number of piperidine rings is 1. The predicted molar refractivity (Wildman–Crippen MR) is 116 cm³/mol. The van der Waals surface area contributed by atoms with Crippen LogP contribution in [-0.2, 0) is 14.8 Å². The molecular weight excluding hydrogens is 438 g/mol. The van der Waals surface area contributed by atoms with Crippen molar-refractivity contribution in [1.29, 1.82) is 0 Å². The number of methoxy groups -OCH3 is 1. The van der Waals surface area contributed by atoms with Crippen LogP contribution in [0.4, 0.5) is 11.4 Å². The second-order valence-corrected chi connectivity index (χ2v) is 9.35. The van der Waals surface area contributed by atoms with Crippen molar-refractivity contribution in [2.45, 2.75) is 31.1 Å². The van der Waals surface area contributed by atoms with Gasteiger partial charge in [-0.25, -0.2) is 13.2 Å². The number of non-ortho nitro benzene ring substituents is 1. The zero-order valence-corrected chi connectivity index (χ0v) is 18.5. The molecule has 0 saturated carbocycles. The van der Waals surface area contributed by atoms with Crippen LogP contribution in [-0.4, -0.2) is 49.7 Å². The van der Waals surface area contributed by atoms with E-state index in [4.69, 9.17) is 0 Å². The van der Waals surface area contributed by atoms with E-state index in [-0.39, 0.29) is 21.7 Å². The highest BCUT2D eigenvalue weighted by atomic mass is 32.2. The number of carbonyl (C=O) groups excluding carboxylic acids is 2. The van der Waals surface area contributed by atoms with Gasteiger partial charge >= 0.3 is 5.97 Å². The maximum Gasteiger partial charge on any atom is 0.338 e. The van der Waals surface area contributed by atoms with E-state index in [1.165, 1.54) is 22.5 Å². The van der Waals surface area contributed by atoms with Gasteiger partial charge in [0.25, 0.3) is 11.6 Å². The summed E-state index contributed by atoms with van der Waals surface area (Å²) in [4.78, 5) is 35.2. The van der Waals surface area contributed by atoms with E-state index in [2.05, 4.69) is 10.1 Å². The number of nitro benzene ring substituents is 1. The monoisotopic (exact) mass is 461 g/mol. The van der Waals surface area contributed by atoms with Crippen LogP contribution in [0.2, 0.25) is 0 Å². The number of esters is 1. The number of benzene rings is 2. The first-order valence-electron chi connectivity index (χ1n) is 9.93. The van der Waals surface area contributed by atoms with Gasteiger partial charge in [0.15, 0.2) is 0 Å². The summed E-state index contributed by atoms with van der Waals surface area (Å²) in [6.45, 7) is 2.59. The fraction of sp³-hybridized carbons (Fsp3) is 0.333. The minimum Gasteiger partial charge on any atom is -0.465 e. The Morgan fingerprint density at radius 1 is 1.06 bits per heavy atom. The third-order valence-corrected chi connectivity index (χ3v) is 7.12. The van der Waals surface area contributed by atoms with Crippen molar-refractivity contribution < 1.29 is 27.7 Å². The molecule has 0 aromatic heterocycles. The number of amides is 1. The van der Waals surface area contributed by atoms with E-state index < -0.39 is 32.5 Å². The van der Waals surface area contributed by atoms with Gasteiger partial charge in [0.05, 0.1) is 22.5 Å². The molecule has 1 N–H and O–H groups in total. The van der Waals surface area contributed by atoms with Crippen molar-refractivity contribution in [1.82, 2.24) is 4.31 Å². The molecule has 2 aromatic rings. The van der Waals surface area contributed by atoms with Crippen LogP contribution in [0.25, 0.3) is 0 Å². The van der Waals surface area contributed by atoms with Crippen LogP contribution < -0.4 is 5.32 Å². The van der Waals surface area contributed by atoms with Gasteiger partial charge in [0.1, 0.15) is 0 Å². The van der Waals surface area contributed by atoms with Gasteiger partial charge in [-0.15, -0.1) is 0 Å². The number of aryl methyl sites for hydroxylation is 1. The molecule has 0 spiro atoms. The maximum absolute atomic E-state index is 13.0. The fourth-order valence-corrected chi connectivity index (χ4v) is 4.97. The number of ether oxygens (including phenoxy) is 1. The number of hydrogen-bond acceptors (Lipinski definition) is 7. The number of hydrogen-bond donors (Lipinski definition) is 1. The van der Waals surface area contributed by atoms with E-state index >= 15 is 0 Å². The Morgan fingerprint density at radius 2 is 1.72 bits per heavy atom. The quantitative estimate of drug-likeness (QED) is 0.396. The van der Waals surface area contributed by atoms with E-state index in [1.54, 1.807) is 13.0 Å². The van der Waals surface area contributed by atoms with Gasteiger partial charge in [-0.1, -0.05) is 12.5 Å². The molecule has 1 aliphatic rings. The molecule has 0 unspecified atom stereocenters. The van der Waals surface area contributed by atoms with Crippen molar-refractivity contribution in [2.24, 2.45) is 0 Å². The number of nitrogens with zero attached hydrogens (tertiary/aromatic N) is 2. The second-order valence-electron chi connectivity index (χ2n) is 7.41. The molecule has 1 heterocycles. The summed E-state index contributed by atoms with van der Waals surface area (Å²) in [6.07, 6.45) is 2.58. The van der Waals surface area contributed by atoms with Crippen molar-refractivity contribution in [3.05, 3.63) is 63.2 Å². The highest BCUT2D eigenvalue weighted by Gasteiger charge is 2.27. The number of nitro groups is 1. The lowest BCUT2D eigenvalue weighted by Gasteiger charge is -2.26. The molecule has 0 bridgehead atoms. The van der Waals surface area contributed by atoms with Crippen LogP contribution in [0.3, 0.4) is 0 Å². The average Bonchev–Trinajstić information content (AvgIpc) is 2.79. The van der Waals surface area contributed by atoms with Crippen LogP contribution in [0.15, 0.2) is 41.3 Å². The summed E-state index contributed by atoms with van der Waals surface area (Å²) in [6, 6.07) is 7.66. The minimum atomic E-state index is -3.71. The van der Waals surface area contributed by atoms with E-state index in [9.17, 15) is 28.1 Å². The molecule has 32 heavy (non-hydrogen) atoms. The first kappa shape index (κ1) is 23.4. The van der Waals surface area contributed by atoms with Crippen LogP contribution in [0.1, 0.15) is 45.5 Å². The molecule has 3 rings (SSSR count). The van der Waals surface area contributed by atoms with Crippen molar-refractivity contribution in [2.75, 3.05) is 25.5 Å². The molecule has 1 saturated heterocycles. The largest absolute Gasteiger partial charge is 0.465 e. The minimum absolute atomic E-state index is 0.0505. The summed E-state index contributed by atoms with van der Waals surface area (Å²) in [7, 11) is -2.59. The van der Waals surface area contributed by atoms with Gasteiger partial charge in [-0.2, -0.15) is 4.31 Å². The summed E-state index contributed by atoms with van der Waals surface area (Å²) >= 11 is 0. The highest BCUT2D eigenvalue weighted by Crippen LogP contribution is 2.26. The van der Waals surface area contributed by atoms with Gasteiger partial charge < -0.3 is 10.1 Å². The van der Waals surface area contributed by atoms with Gasteiger partial charge in [0.2, 0.25) is 10.0 Å². The number of carbonyl (C=O) groups is 2. The summed E-state index contributed by atoms with van der Waals surface area (Å²) < 4.78 is 31.9. The van der Waals surface area contributed by atoms with E-state index in [1.807, 2.05) is 0 Å². The first-order chi connectivity index (χ1) is 15.1. The lowest BCUT2D eigenvalue weighted by Crippen LogP contribution is -2.35. The number of anilines is 1. The Hall–Kier alpha value is -3.31. The van der Waals surface area contributed by atoms with Crippen LogP contribution in [0, 0.1) is 17.0 Å². The van der Waals surface area contributed by atoms with Crippen molar-refractivity contribution >= 4 is 33.3 Å². The van der Waals surface area contributed by atoms with Crippen molar-refractivity contribution in [3.8, 4) is 0 Å². The Balaban J connectivity index is 1.93. The van der Waals surface area contributed by atoms with Gasteiger partial charge in [-0.05, 0) is 43.5 Å². The van der Waals surface area contributed by atoms with E-state index in [0.717, 1.165) is 38.5 Å². The third-order valence-electron chi connectivity index (χ3n) is 5.22. The molecule has 0 aliphatic carbocycles. The average molecular weight is 461 g/mol. The smallest absolute Gasteiger partial charge is 0.338 e. The van der Waals surface area contributed by atoms with Gasteiger partial charge in [0, 0.05) is 36.5 Å². The van der Waals surface area contributed by atoms with E-state index in [0.29, 0.717) is 18.7 Å². The SMILES string of the molecule is COC(=O)c1cc(C(=O)Nc2cc(S(=O)(=O)N3CCCCC3)ccc2C)cc([N+](=O)[O-])c1. The van der Waals surface area contributed by atoms with Gasteiger partial charge in [-0.3, -0.25) is 14.9 Å². The number of rotatable bonds is 6. The molecular formula is C21H23N3O7S. The summed E-state index contributed by atoms with van der Waals surface area (Å²) in [5.74, 6) is -1.55. The van der Waals surface area contributed by atoms with Crippen LogP contribution >= 0.6 is 0 Å². The van der Waals surface area contributed by atoms with Crippen molar-refractivity contribution in [3.63, 3.8) is 0 Å². The lowest BCUT2D eigenvalue weighted by molar-refractivity contribution is -0.384. The topological polar surface area (TPSA) is 136 Å². The lowest BCUT2D eigenvalue weighted by atomic mass is 10.1. The van der Waals surface area contributed by atoms with Crippen LogP contribution in [0.5, 0.6) is 0 Å². The molecule has 170 valence electrons. The zero-order chi connectivity index (χ0) is 23.5. The fourth-order valence-electron chi connectivity index (χ4n) is 3.43. The molecule has 1 aliphatic heterocycles. The molecule has 0 radical (unpaired) electrons. The normalized spacial score (nSPS) is 14.6. The Morgan fingerprint density at radius 3 is 2.34 bits per heavy atom. The predicted octanol–water partition coefficient (Wildman–Crippen LogP) is 3.12. The molecule has 11 heteroatoms. The molecule has 1 amide bonds. The first-order valence-corrected chi connectivity index (χ1v) is 11.4. The number of sulfonamides is 1. The third kappa shape index (κ3) is 4.94. The molecule has 0 atom stereocenters. The zero-order valence-electron chi connectivity index (χ0n) is 17.7. The molecule has 1 fully saturated rings. The summed E-state index contributed by atoms with van der Waals surface area (Å²) in [5.41, 5.74) is 0.123. The standard InChI is InChI=1S/C21H23N3O7S/c1-14-6-7-18(32(29,30)23-8-4-3-5-9-23)13-19(14)22-20(25)15-10-16(21(26)31-2)12-17(11-15)24(27)28/h6-7,10-13H,3-5,8-9H2,1-2H3,(H,22,25). The molecule has 10 nitrogen and oxygen atoms in total. The maximum atomic E-state index is 13.0. The number of nitrogens with one attached hydrogen (secondary N) is 1. The Labute approximate surface area is 185 Å². The second kappa shape index (κ2) is 9.45. The highest BCUT2D eigenvalue weighted by molar-refractivity contribution is 7.89.